The fourth-order valence-electron chi connectivity index (χ4n) is 2.69. The number of nitrogens with zero attached hydrogens (tertiary/aromatic N) is 1. The summed E-state index contributed by atoms with van der Waals surface area (Å²) in [6, 6.07) is 5.04. The van der Waals surface area contributed by atoms with Gasteiger partial charge < -0.3 is 20.1 Å². The number of rotatable bonds is 7. The average molecular weight is 366 g/mol. The molecule has 1 fully saturated rings. The Morgan fingerprint density at radius 3 is 2.50 bits per heavy atom. The van der Waals surface area contributed by atoms with E-state index in [-0.39, 0.29) is 23.5 Å². The molecule has 3 rings (SSSR count). The number of hydrogen-bond acceptors (Lipinski definition) is 4. The van der Waals surface area contributed by atoms with E-state index in [1.807, 2.05) is 0 Å². The van der Waals surface area contributed by atoms with Crippen molar-refractivity contribution >= 4 is 11.4 Å². The van der Waals surface area contributed by atoms with Crippen LogP contribution in [-0.4, -0.2) is 20.8 Å². The quantitative estimate of drug-likeness (QED) is 0.749. The van der Waals surface area contributed by atoms with Crippen molar-refractivity contribution in [3.8, 4) is 11.5 Å². The van der Waals surface area contributed by atoms with Gasteiger partial charge in [-0.15, -0.1) is 0 Å². The first-order valence-electron chi connectivity index (χ1n) is 8.34. The Kier molecular flexibility index (Phi) is 5.15. The van der Waals surface area contributed by atoms with Gasteiger partial charge in [0.05, 0.1) is 30.7 Å². The van der Waals surface area contributed by atoms with Crippen molar-refractivity contribution in [3.63, 3.8) is 0 Å². The fraction of sp³-hybridized carbons (Fsp3) is 0.368. The van der Waals surface area contributed by atoms with Crippen LogP contribution in [-0.2, 0) is 6.54 Å². The van der Waals surface area contributed by atoms with Crippen LogP contribution in [0.1, 0.15) is 18.4 Å². The smallest absolute Gasteiger partial charge is 0.167 e. The average Bonchev–Trinajstić information content (AvgIpc) is 3.44. The van der Waals surface area contributed by atoms with E-state index < -0.39 is 17.5 Å². The molecule has 2 N–H and O–H groups in total. The number of hydrogen-bond donors (Lipinski definition) is 1. The van der Waals surface area contributed by atoms with Crippen molar-refractivity contribution in [2.45, 2.75) is 19.4 Å². The third-order valence-electron chi connectivity index (χ3n) is 4.43. The second kappa shape index (κ2) is 7.35. The number of anilines is 2. The van der Waals surface area contributed by atoms with Gasteiger partial charge in [0.2, 0.25) is 0 Å². The lowest BCUT2D eigenvalue weighted by Crippen LogP contribution is -2.20. The van der Waals surface area contributed by atoms with Crippen LogP contribution in [0.3, 0.4) is 0 Å². The molecule has 7 heteroatoms. The van der Waals surface area contributed by atoms with E-state index in [4.69, 9.17) is 15.2 Å². The standard InChI is InChI=1S/C19H21F3N2O2/c1-24(16-8-15(23)14(21)7-18(16)25-2)9-12-17(26-10-11-3-4-11)6-5-13(20)19(12)22/h5-8,11H,3-4,9-10,23H2,1-2H3. The normalized spacial score (nSPS) is 13.6. The van der Waals surface area contributed by atoms with E-state index in [0.29, 0.717) is 24.0 Å². The van der Waals surface area contributed by atoms with Crippen LogP contribution in [0.5, 0.6) is 11.5 Å². The summed E-state index contributed by atoms with van der Waals surface area (Å²) in [5.41, 5.74) is 6.13. The number of benzene rings is 2. The van der Waals surface area contributed by atoms with E-state index in [1.165, 1.54) is 19.2 Å². The topological polar surface area (TPSA) is 47.7 Å². The number of methoxy groups -OCH3 is 1. The van der Waals surface area contributed by atoms with Crippen LogP contribution in [0, 0.1) is 23.4 Å². The third-order valence-corrected chi connectivity index (χ3v) is 4.43. The van der Waals surface area contributed by atoms with Crippen molar-refractivity contribution in [2.75, 3.05) is 31.4 Å². The molecule has 0 unspecified atom stereocenters. The summed E-state index contributed by atoms with van der Waals surface area (Å²) in [7, 11) is 3.06. The van der Waals surface area contributed by atoms with Gasteiger partial charge in [0.25, 0.3) is 0 Å². The first-order chi connectivity index (χ1) is 12.4. The molecule has 0 radical (unpaired) electrons. The van der Waals surface area contributed by atoms with E-state index in [2.05, 4.69) is 0 Å². The number of nitrogen functional groups attached to an aromatic ring is 1. The maximum Gasteiger partial charge on any atom is 0.167 e. The number of halogens is 3. The number of ether oxygens (including phenoxy) is 2. The van der Waals surface area contributed by atoms with Gasteiger partial charge in [-0.25, -0.2) is 13.2 Å². The van der Waals surface area contributed by atoms with Gasteiger partial charge in [0.1, 0.15) is 17.3 Å². The molecule has 0 aromatic heterocycles. The molecule has 1 aliphatic carbocycles. The Morgan fingerprint density at radius 2 is 1.85 bits per heavy atom. The molecule has 1 saturated carbocycles. The summed E-state index contributed by atoms with van der Waals surface area (Å²) in [5.74, 6) is -1.49. The first kappa shape index (κ1) is 18.2. The van der Waals surface area contributed by atoms with Crippen LogP contribution >= 0.6 is 0 Å². The van der Waals surface area contributed by atoms with Crippen molar-refractivity contribution < 1.29 is 22.6 Å². The molecule has 0 bridgehead atoms. The Bertz CT molecular complexity index is 810. The maximum atomic E-state index is 14.4. The van der Waals surface area contributed by atoms with E-state index in [9.17, 15) is 13.2 Å². The molecule has 140 valence electrons. The summed E-state index contributed by atoms with van der Waals surface area (Å²) in [6.45, 7) is 0.486. The van der Waals surface area contributed by atoms with Gasteiger partial charge in [-0.05, 0) is 37.0 Å². The molecule has 1 aliphatic rings. The molecule has 2 aromatic rings. The molecule has 26 heavy (non-hydrogen) atoms. The summed E-state index contributed by atoms with van der Waals surface area (Å²) in [5, 5.41) is 0. The minimum absolute atomic E-state index is 0.00499. The third kappa shape index (κ3) is 3.81. The number of nitrogens with two attached hydrogens (primary N) is 1. The molecule has 0 amide bonds. The lowest BCUT2D eigenvalue weighted by atomic mass is 10.1. The minimum Gasteiger partial charge on any atom is -0.494 e. The Morgan fingerprint density at radius 1 is 1.12 bits per heavy atom. The Balaban J connectivity index is 1.89. The second-order valence-electron chi connectivity index (χ2n) is 6.49. The van der Waals surface area contributed by atoms with Gasteiger partial charge in [0, 0.05) is 19.7 Å². The zero-order valence-electron chi connectivity index (χ0n) is 14.7. The van der Waals surface area contributed by atoms with Crippen molar-refractivity contribution in [1.82, 2.24) is 0 Å². The molecule has 2 aromatic carbocycles. The first-order valence-corrected chi connectivity index (χ1v) is 8.34. The van der Waals surface area contributed by atoms with Gasteiger partial charge in [-0.3, -0.25) is 0 Å². The summed E-state index contributed by atoms with van der Waals surface area (Å²) in [4.78, 5) is 1.61. The molecule has 0 aliphatic heterocycles. The van der Waals surface area contributed by atoms with Crippen LogP contribution in [0.25, 0.3) is 0 Å². The van der Waals surface area contributed by atoms with Crippen LogP contribution < -0.4 is 20.1 Å². The highest BCUT2D eigenvalue weighted by atomic mass is 19.2. The van der Waals surface area contributed by atoms with Crippen LogP contribution in [0.2, 0.25) is 0 Å². The predicted molar refractivity (Wildman–Crippen MR) is 94.0 cm³/mol. The Hall–Kier alpha value is -2.57. The van der Waals surface area contributed by atoms with E-state index in [1.54, 1.807) is 11.9 Å². The maximum absolute atomic E-state index is 14.4. The van der Waals surface area contributed by atoms with Crippen LogP contribution in [0.4, 0.5) is 24.5 Å². The molecule has 0 heterocycles. The lowest BCUT2D eigenvalue weighted by molar-refractivity contribution is 0.293. The fourth-order valence-corrected chi connectivity index (χ4v) is 2.69. The van der Waals surface area contributed by atoms with Crippen molar-refractivity contribution in [1.29, 1.82) is 0 Å². The predicted octanol–water partition coefficient (Wildman–Crippen LogP) is 4.12. The highest BCUT2D eigenvalue weighted by Gasteiger charge is 2.24. The highest BCUT2D eigenvalue weighted by Crippen LogP contribution is 2.35. The Labute approximate surface area is 150 Å². The van der Waals surface area contributed by atoms with Gasteiger partial charge in [0.15, 0.2) is 11.6 Å². The zero-order chi connectivity index (χ0) is 18.8. The molecule has 0 spiro atoms. The molecule has 4 nitrogen and oxygen atoms in total. The van der Waals surface area contributed by atoms with E-state index in [0.717, 1.165) is 25.0 Å². The lowest BCUT2D eigenvalue weighted by Gasteiger charge is -2.24. The molecular formula is C19H21F3N2O2. The highest BCUT2D eigenvalue weighted by molar-refractivity contribution is 5.65. The SMILES string of the molecule is COc1cc(F)c(N)cc1N(C)Cc1c(OCC2CC2)ccc(F)c1F. The van der Waals surface area contributed by atoms with Crippen molar-refractivity contribution in [2.24, 2.45) is 5.92 Å². The minimum atomic E-state index is -0.959. The molecule has 0 atom stereocenters. The summed E-state index contributed by atoms with van der Waals surface area (Å²) in [6.07, 6.45) is 2.18. The molecule has 0 saturated heterocycles. The van der Waals surface area contributed by atoms with Gasteiger partial charge in [-0.1, -0.05) is 0 Å². The largest absolute Gasteiger partial charge is 0.494 e. The van der Waals surface area contributed by atoms with E-state index >= 15 is 0 Å². The second-order valence-corrected chi connectivity index (χ2v) is 6.49. The molecular weight excluding hydrogens is 345 g/mol. The van der Waals surface area contributed by atoms with Gasteiger partial charge in [-0.2, -0.15) is 0 Å². The van der Waals surface area contributed by atoms with Crippen LogP contribution in [0.15, 0.2) is 24.3 Å². The monoisotopic (exact) mass is 366 g/mol. The zero-order valence-corrected chi connectivity index (χ0v) is 14.7. The summed E-state index contributed by atoms with van der Waals surface area (Å²) >= 11 is 0. The van der Waals surface area contributed by atoms with Gasteiger partial charge >= 0.3 is 0 Å². The van der Waals surface area contributed by atoms with Crippen molar-refractivity contribution in [3.05, 3.63) is 47.3 Å². The summed E-state index contributed by atoms with van der Waals surface area (Å²) < 4.78 is 52.7.